The van der Waals surface area contributed by atoms with Gasteiger partial charge in [-0.15, -0.1) is 0 Å². The summed E-state index contributed by atoms with van der Waals surface area (Å²) in [5.41, 5.74) is 0.962. The van der Waals surface area contributed by atoms with Crippen LogP contribution in [-0.4, -0.2) is 9.97 Å². The van der Waals surface area contributed by atoms with Crippen LogP contribution in [0.15, 0.2) is 28.7 Å². The van der Waals surface area contributed by atoms with Gasteiger partial charge >= 0.3 is 0 Å². The first-order valence-electron chi connectivity index (χ1n) is 5.84. The number of hydrogen-bond acceptors (Lipinski definition) is 3. The molecule has 0 saturated carbocycles. The van der Waals surface area contributed by atoms with Crippen LogP contribution in [0.5, 0.6) is 0 Å². The molecule has 1 heterocycles. The summed E-state index contributed by atoms with van der Waals surface area (Å²) >= 11 is 11.8. The number of rotatable bonds is 4. The highest BCUT2D eigenvalue weighted by molar-refractivity contribution is 14.1. The third kappa shape index (κ3) is 4.29. The van der Waals surface area contributed by atoms with Crippen molar-refractivity contribution in [3.8, 4) is 0 Å². The monoisotopic (exact) mass is 451 g/mol. The van der Waals surface area contributed by atoms with Crippen LogP contribution in [0.25, 0.3) is 0 Å². The summed E-state index contributed by atoms with van der Waals surface area (Å²) in [5.74, 6) is 1.48. The van der Waals surface area contributed by atoms with E-state index in [-0.39, 0.29) is 0 Å². The van der Waals surface area contributed by atoms with Gasteiger partial charge in [0.1, 0.15) is 16.8 Å². The highest BCUT2D eigenvalue weighted by Gasteiger charge is 2.06. The summed E-state index contributed by atoms with van der Waals surface area (Å²) in [7, 11) is 0. The van der Waals surface area contributed by atoms with Crippen molar-refractivity contribution >= 4 is 61.6 Å². The molecule has 0 aliphatic rings. The third-order valence-corrected chi connectivity index (χ3v) is 3.96. The first-order valence-corrected chi connectivity index (χ1v) is 8.09. The highest BCUT2D eigenvalue weighted by atomic mass is 127. The van der Waals surface area contributed by atoms with Crippen molar-refractivity contribution in [3.63, 3.8) is 0 Å². The molecule has 0 bridgehead atoms. The van der Waals surface area contributed by atoms with E-state index in [1.807, 2.05) is 18.2 Å². The minimum atomic E-state index is 0.461. The molecular weight excluding hydrogens is 440 g/mol. The topological polar surface area (TPSA) is 37.8 Å². The Hall–Kier alpha value is -0.400. The number of hydrogen-bond donors (Lipinski definition) is 1. The van der Waals surface area contributed by atoms with E-state index in [2.05, 4.69) is 60.7 Å². The molecule has 0 aliphatic carbocycles. The van der Waals surface area contributed by atoms with Crippen LogP contribution < -0.4 is 5.32 Å². The number of nitrogens with zero attached hydrogens (tertiary/aromatic N) is 2. The Kier molecular flexibility index (Phi) is 5.41. The summed E-state index contributed by atoms with van der Waals surface area (Å²) in [6.45, 7) is 2.09. The molecule has 0 spiro atoms. The molecular formula is C13H12BrClIN3. The second-order valence-corrected chi connectivity index (χ2v) is 6.48. The molecule has 1 N–H and O–H groups in total. The second-order valence-electron chi connectivity index (χ2n) is 3.99. The molecule has 19 heavy (non-hydrogen) atoms. The average molecular weight is 453 g/mol. The zero-order valence-corrected chi connectivity index (χ0v) is 14.8. The SMILES string of the molecule is CCCc1nc(Cl)cc(Nc2cc(I)ccc2Br)n1. The van der Waals surface area contributed by atoms with E-state index >= 15 is 0 Å². The van der Waals surface area contributed by atoms with Crippen LogP contribution in [0.1, 0.15) is 19.2 Å². The van der Waals surface area contributed by atoms with E-state index in [1.165, 1.54) is 0 Å². The zero-order valence-electron chi connectivity index (χ0n) is 10.3. The van der Waals surface area contributed by atoms with Crippen LogP contribution in [0.3, 0.4) is 0 Å². The van der Waals surface area contributed by atoms with Crippen molar-refractivity contribution < 1.29 is 0 Å². The molecule has 0 aliphatic heterocycles. The van der Waals surface area contributed by atoms with E-state index in [1.54, 1.807) is 6.07 Å². The van der Waals surface area contributed by atoms with Crippen molar-refractivity contribution in [2.75, 3.05) is 5.32 Å². The van der Waals surface area contributed by atoms with E-state index < -0.39 is 0 Å². The van der Waals surface area contributed by atoms with Crippen LogP contribution in [0, 0.1) is 3.57 Å². The van der Waals surface area contributed by atoms with Crippen molar-refractivity contribution in [2.45, 2.75) is 19.8 Å². The van der Waals surface area contributed by atoms with Crippen LogP contribution >= 0.6 is 50.1 Å². The molecule has 0 saturated heterocycles. The number of aryl methyl sites for hydroxylation is 1. The molecule has 6 heteroatoms. The van der Waals surface area contributed by atoms with Gasteiger partial charge in [0.25, 0.3) is 0 Å². The maximum absolute atomic E-state index is 6.02. The quantitative estimate of drug-likeness (QED) is 0.512. The maximum Gasteiger partial charge on any atom is 0.135 e. The zero-order chi connectivity index (χ0) is 13.8. The van der Waals surface area contributed by atoms with Crippen molar-refractivity contribution in [3.05, 3.63) is 43.3 Å². The van der Waals surface area contributed by atoms with Crippen molar-refractivity contribution in [1.82, 2.24) is 9.97 Å². The molecule has 0 radical (unpaired) electrons. The van der Waals surface area contributed by atoms with Crippen LogP contribution in [0.4, 0.5) is 11.5 Å². The molecule has 3 nitrogen and oxygen atoms in total. The smallest absolute Gasteiger partial charge is 0.135 e. The lowest BCUT2D eigenvalue weighted by Gasteiger charge is -2.10. The first kappa shape index (κ1) is 15.0. The van der Waals surface area contributed by atoms with Gasteiger partial charge < -0.3 is 5.32 Å². The minimum absolute atomic E-state index is 0.461. The molecule has 0 amide bonds. The third-order valence-electron chi connectivity index (χ3n) is 2.41. The lowest BCUT2D eigenvalue weighted by Crippen LogP contribution is -2.01. The van der Waals surface area contributed by atoms with Crippen molar-refractivity contribution in [1.29, 1.82) is 0 Å². The molecule has 100 valence electrons. The lowest BCUT2D eigenvalue weighted by atomic mass is 10.3. The fourth-order valence-corrected chi connectivity index (χ4v) is 2.63. The molecule has 0 atom stereocenters. The predicted molar refractivity (Wildman–Crippen MR) is 91.2 cm³/mol. The fourth-order valence-electron chi connectivity index (χ4n) is 1.60. The first-order chi connectivity index (χ1) is 9.08. The van der Waals surface area contributed by atoms with Gasteiger partial charge in [0.2, 0.25) is 0 Å². The largest absolute Gasteiger partial charge is 0.339 e. The van der Waals surface area contributed by atoms with E-state index in [0.717, 1.165) is 32.4 Å². The Morgan fingerprint density at radius 2 is 2.11 bits per heavy atom. The molecule has 2 rings (SSSR count). The lowest BCUT2D eigenvalue weighted by molar-refractivity contribution is 0.837. The number of aromatic nitrogens is 2. The van der Waals surface area contributed by atoms with Gasteiger partial charge in [-0.2, -0.15) is 0 Å². The van der Waals surface area contributed by atoms with Gasteiger partial charge in [-0.1, -0.05) is 18.5 Å². The maximum atomic E-state index is 6.02. The summed E-state index contributed by atoms with van der Waals surface area (Å²) in [4.78, 5) is 8.67. The Morgan fingerprint density at radius 3 is 2.84 bits per heavy atom. The Balaban J connectivity index is 2.29. The highest BCUT2D eigenvalue weighted by Crippen LogP contribution is 2.27. The van der Waals surface area contributed by atoms with E-state index in [4.69, 9.17) is 11.6 Å². The standard InChI is InChI=1S/C13H12BrClIN3/c1-2-3-12-18-11(15)7-13(19-12)17-10-6-8(16)4-5-9(10)14/h4-7H,2-3H2,1H3,(H,17,18,19). The number of halogens is 3. The fraction of sp³-hybridized carbons (Fsp3) is 0.231. The number of anilines is 2. The Bertz CT molecular complexity index is 592. The molecule has 0 unspecified atom stereocenters. The molecule has 0 fully saturated rings. The normalized spacial score (nSPS) is 10.5. The predicted octanol–water partition coefficient (Wildman–Crippen LogP) is 5.19. The van der Waals surface area contributed by atoms with Crippen LogP contribution in [-0.2, 0) is 6.42 Å². The summed E-state index contributed by atoms with van der Waals surface area (Å²) in [5, 5.41) is 3.73. The summed E-state index contributed by atoms with van der Waals surface area (Å²) in [6, 6.07) is 7.80. The van der Waals surface area contributed by atoms with E-state index in [0.29, 0.717) is 11.0 Å². The summed E-state index contributed by atoms with van der Waals surface area (Å²) < 4.78 is 2.14. The van der Waals surface area contributed by atoms with Crippen LogP contribution in [0.2, 0.25) is 5.15 Å². The molecule has 2 aromatic rings. The van der Waals surface area contributed by atoms with Gasteiger partial charge in [-0.3, -0.25) is 0 Å². The summed E-state index contributed by atoms with van der Waals surface area (Å²) in [6.07, 6.45) is 1.81. The minimum Gasteiger partial charge on any atom is -0.339 e. The van der Waals surface area contributed by atoms with Gasteiger partial charge in [0.15, 0.2) is 0 Å². The molecule has 1 aromatic heterocycles. The van der Waals surface area contributed by atoms with Gasteiger partial charge in [-0.05, 0) is 63.1 Å². The molecule has 1 aromatic carbocycles. The van der Waals surface area contributed by atoms with Gasteiger partial charge in [0, 0.05) is 20.5 Å². The van der Waals surface area contributed by atoms with E-state index in [9.17, 15) is 0 Å². The number of nitrogens with one attached hydrogen (secondary N) is 1. The van der Waals surface area contributed by atoms with Gasteiger partial charge in [-0.25, -0.2) is 9.97 Å². The second kappa shape index (κ2) is 6.85. The van der Waals surface area contributed by atoms with Crippen molar-refractivity contribution in [2.24, 2.45) is 0 Å². The number of benzene rings is 1. The Labute approximate surface area is 139 Å². The Morgan fingerprint density at radius 1 is 1.32 bits per heavy atom. The average Bonchev–Trinajstić information content (AvgIpc) is 2.33. The van der Waals surface area contributed by atoms with Gasteiger partial charge in [0.05, 0.1) is 5.69 Å².